The molecular weight excluding hydrogens is 240 g/mol. The zero-order valence-corrected chi connectivity index (χ0v) is 12.1. The molecule has 0 saturated carbocycles. The van der Waals surface area contributed by atoms with Crippen molar-refractivity contribution in [3.05, 3.63) is 24.0 Å². The van der Waals surface area contributed by atoms with Gasteiger partial charge in [0.1, 0.15) is 6.54 Å². The topological polar surface area (TPSA) is 40.5 Å². The lowest BCUT2D eigenvalue weighted by atomic mass is 10.2. The standard InChI is InChI=1S/C14H24N4O/c1-12(15-2)13-5-4-6-18(13)11-14(19)17-9-7-16(3)8-10-17/h4-6,12,15H,7-11H2,1-3H3. The van der Waals surface area contributed by atoms with Crippen LogP contribution in [0.3, 0.4) is 0 Å². The third-order valence-electron chi connectivity index (χ3n) is 3.90. The Morgan fingerprint density at radius 1 is 1.37 bits per heavy atom. The zero-order valence-electron chi connectivity index (χ0n) is 12.1. The molecule has 0 aliphatic carbocycles. The third kappa shape index (κ3) is 3.36. The van der Waals surface area contributed by atoms with Crippen LogP contribution >= 0.6 is 0 Å². The molecule has 5 nitrogen and oxygen atoms in total. The van der Waals surface area contributed by atoms with E-state index in [2.05, 4.69) is 30.3 Å². The van der Waals surface area contributed by atoms with Crippen molar-refractivity contribution in [3.8, 4) is 0 Å². The molecule has 0 radical (unpaired) electrons. The van der Waals surface area contributed by atoms with E-state index in [1.54, 1.807) is 0 Å². The van der Waals surface area contributed by atoms with Crippen molar-refractivity contribution in [1.82, 2.24) is 19.7 Å². The number of hydrogen-bond acceptors (Lipinski definition) is 3. The van der Waals surface area contributed by atoms with Crippen LogP contribution in [0.4, 0.5) is 0 Å². The fourth-order valence-electron chi connectivity index (χ4n) is 2.41. The van der Waals surface area contributed by atoms with Gasteiger partial charge < -0.3 is 19.7 Å². The van der Waals surface area contributed by atoms with Gasteiger partial charge in [0.25, 0.3) is 0 Å². The van der Waals surface area contributed by atoms with Gasteiger partial charge >= 0.3 is 0 Å². The quantitative estimate of drug-likeness (QED) is 0.863. The molecule has 2 heterocycles. The maximum atomic E-state index is 12.3. The minimum atomic E-state index is 0.217. The molecule has 1 aliphatic heterocycles. The normalized spacial score (nSPS) is 18.6. The van der Waals surface area contributed by atoms with E-state index in [9.17, 15) is 4.79 Å². The van der Waals surface area contributed by atoms with Gasteiger partial charge in [-0.3, -0.25) is 4.79 Å². The molecule has 0 aromatic carbocycles. The van der Waals surface area contributed by atoms with Crippen LogP contribution in [0.25, 0.3) is 0 Å². The molecule has 0 spiro atoms. The minimum Gasteiger partial charge on any atom is -0.341 e. The van der Waals surface area contributed by atoms with E-state index in [0.29, 0.717) is 6.54 Å². The predicted molar refractivity (Wildman–Crippen MR) is 76.0 cm³/mol. The lowest BCUT2D eigenvalue weighted by Crippen LogP contribution is -2.48. The number of aromatic nitrogens is 1. The Kier molecular flexibility index (Phi) is 4.61. The van der Waals surface area contributed by atoms with Crippen LogP contribution in [-0.4, -0.2) is 60.5 Å². The summed E-state index contributed by atoms with van der Waals surface area (Å²) in [6.45, 7) is 6.17. The summed E-state index contributed by atoms with van der Waals surface area (Å²) < 4.78 is 2.04. The summed E-state index contributed by atoms with van der Waals surface area (Å²) in [6, 6.07) is 4.33. The van der Waals surface area contributed by atoms with E-state index >= 15 is 0 Å². The predicted octanol–water partition coefficient (Wildman–Crippen LogP) is 0.543. The molecule has 1 unspecified atom stereocenters. The van der Waals surface area contributed by atoms with Crippen molar-refractivity contribution < 1.29 is 4.79 Å². The Bertz CT molecular complexity index is 421. The van der Waals surface area contributed by atoms with Gasteiger partial charge in [-0.15, -0.1) is 0 Å². The Balaban J connectivity index is 1.97. The van der Waals surface area contributed by atoms with Gasteiger partial charge in [0, 0.05) is 44.1 Å². The highest BCUT2D eigenvalue weighted by Crippen LogP contribution is 2.13. The van der Waals surface area contributed by atoms with Gasteiger partial charge in [-0.25, -0.2) is 0 Å². The lowest BCUT2D eigenvalue weighted by Gasteiger charge is -2.32. The highest BCUT2D eigenvalue weighted by Gasteiger charge is 2.20. The van der Waals surface area contributed by atoms with Gasteiger partial charge in [-0.2, -0.15) is 0 Å². The first-order chi connectivity index (χ1) is 9.11. The number of nitrogens with one attached hydrogen (secondary N) is 1. The fourth-order valence-corrected chi connectivity index (χ4v) is 2.41. The molecule has 1 aliphatic rings. The van der Waals surface area contributed by atoms with E-state index < -0.39 is 0 Å². The van der Waals surface area contributed by atoms with Crippen LogP contribution in [0, 0.1) is 0 Å². The van der Waals surface area contributed by atoms with Crippen molar-refractivity contribution in [1.29, 1.82) is 0 Å². The molecule has 1 N–H and O–H groups in total. The first kappa shape index (κ1) is 14.1. The van der Waals surface area contributed by atoms with Crippen LogP contribution in [-0.2, 0) is 11.3 Å². The Morgan fingerprint density at radius 2 is 2.05 bits per heavy atom. The average molecular weight is 264 g/mol. The fraction of sp³-hybridized carbons (Fsp3) is 0.643. The summed E-state index contributed by atoms with van der Waals surface area (Å²) in [5.41, 5.74) is 1.16. The van der Waals surface area contributed by atoms with Gasteiger partial charge in [0.15, 0.2) is 0 Å². The van der Waals surface area contributed by atoms with Gasteiger partial charge in [0.05, 0.1) is 0 Å². The van der Waals surface area contributed by atoms with Crippen LogP contribution in [0.1, 0.15) is 18.7 Å². The second-order valence-electron chi connectivity index (χ2n) is 5.26. The molecule has 19 heavy (non-hydrogen) atoms. The highest BCUT2D eigenvalue weighted by molar-refractivity contribution is 5.76. The summed E-state index contributed by atoms with van der Waals surface area (Å²) in [5, 5.41) is 3.21. The molecular formula is C14H24N4O. The van der Waals surface area contributed by atoms with E-state index in [1.165, 1.54) is 0 Å². The molecule has 1 fully saturated rings. The number of likely N-dealkylation sites (N-methyl/N-ethyl adjacent to an activating group) is 1. The number of hydrogen-bond donors (Lipinski definition) is 1. The molecule has 1 amide bonds. The molecule has 106 valence electrons. The first-order valence-corrected chi connectivity index (χ1v) is 6.90. The smallest absolute Gasteiger partial charge is 0.242 e. The second kappa shape index (κ2) is 6.21. The van der Waals surface area contributed by atoms with E-state index in [1.807, 2.05) is 28.8 Å². The highest BCUT2D eigenvalue weighted by atomic mass is 16.2. The number of nitrogens with zero attached hydrogens (tertiary/aromatic N) is 3. The Morgan fingerprint density at radius 3 is 2.68 bits per heavy atom. The number of piperazine rings is 1. The number of amides is 1. The molecule has 1 aromatic heterocycles. The van der Waals surface area contributed by atoms with Crippen molar-refractivity contribution in [2.45, 2.75) is 19.5 Å². The van der Waals surface area contributed by atoms with Crippen molar-refractivity contribution in [2.24, 2.45) is 0 Å². The first-order valence-electron chi connectivity index (χ1n) is 6.90. The Hall–Kier alpha value is -1.33. The maximum Gasteiger partial charge on any atom is 0.242 e. The summed E-state index contributed by atoms with van der Waals surface area (Å²) >= 11 is 0. The van der Waals surface area contributed by atoms with Crippen molar-refractivity contribution >= 4 is 5.91 Å². The lowest BCUT2D eigenvalue weighted by molar-refractivity contribution is -0.133. The number of carbonyl (C=O) groups is 1. The van der Waals surface area contributed by atoms with Gasteiger partial charge in [-0.05, 0) is 33.2 Å². The number of rotatable bonds is 4. The van der Waals surface area contributed by atoms with E-state index in [-0.39, 0.29) is 11.9 Å². The van der Waals surface area contributed by atoms with E-state index in [4.69, 9.17) is 0 Å². The van der Waals surface area contributed by atoms with Crippen molar-refractivity contribution in [2.75, 3.05) is 40.3 Å². The van der Waals surface area contributed by atoms with E-state index in [0.717, 1.165) is 31.9 Å². The third-order valence-corrected chi connectivity index (χ3v) is 3.90. The Labute approximate surface area is 115 Å². The molecule has 1 atom stereocenters. The monoisotopic (exact) mass is 264 g/mol. The zero-order chi connectivity index (χ0) is 13.8. The summed E-state index contributed by atoms with van der Waals surface area (Å²) in [5.74, 6) is 0.217. The molecule has 1 aromatic rings. The summed E-state index contributed by atoms with van der Waals surface area (Å²) in [7, 11) is 4.03. The molecule has 0 bridgehead atoms. The van der Waals surface area contributed by atoms with Crippen LogP contribution < -0.4 is 5.32 Å². The number of carbonyl (C=O) groups excluding carboxylic acids is 1. The molecule has 1 saturated heterocycles. The van der Waals surface area contributed by atoms with Crippen LogP contribution in [0.5, 0.6) is 0 Å². The van der Waals surface area contributed by atoms with Crippen LogP contribution in [0.2, 0.25) is 0 Å². The summed E-state index contributed by atoms with van der Waals surface area (Å²) in [4.78, 5) is 16.5. The van der Waals surface area contributed by atoms with Gasteiger partial charge in [-0.1, -0.05) is 0 Å². The second-order valence-corrected chi connectivity index (χ2v) is 5.26. The van der Waals surface area contributed by atoms with Gasteiger partial charge in [0.2, 0.25) is 5.91 Å². The largest absolute Gasteiger partial charge is 0.341 e. The SMILES string of the molecule is CNC(C)c1cccn1CC(=O)N1CCN(C)CC1. The minimum absolute atomic E-state index is 0.217. The molecule has 5 heteroatoms. The van der Waals surface area contributed by atoms with Crippen molar-refractivity contribution in [3.63, 3.8) is 0 Å². The maximum absolute atomic E-state index is 12.3. The average Bonchev–Trinajstić information content (AvgIpc) is 2.86. The summed E-state index contributed by atoms with van der Waals surface area (Å²) in [6.07, 6.45) is 1.98. The van der Waals surface area contributed by atoms with Crippen LogP contribution in [0.15, 0.2) is 18.3 Å². The molecule has 2 rings (SSSR count).